The van der Waals surface area contributed by atoms with Gasteiger partial charge in [-0.15, -0.1) is 0 Å². The lowest BCUT2D eigenvalue weighted by Crippen LogP contribution is -2.43. The average molecular weight is 226 g/mol. The summed E-state index contributed by atoms with van der Waals surface area (Å²) in [6.07, 6.45) is 1.99. The van der Waals surface area contributed by atoms with E-state index < -0.39 is 17.3 Å². The number of nitrogens with one attached hydrogen (secondary N) is 2. The molecule has 0 spiro atoms. The second-order valence-electron chi connectivity index (χ2n) is 4.40. The number of aliphatic carboxylic acids is 1. The Bertz CT molecular complexity index is 349. The third-order valence-electron chi connectivity index (χ3n) is 3.19. The highest BCUT2D eigenvalue weighted by Crippen LogP contribution is 2.46. The normalized spacial score (nSPS) is 26.0. The summed E-state index contributed by atoms with van der Waals surface area (Å²) in [5.41, 5.74) is -1.19. The van der Waals surface area contributed by atoms with Gasteiger partial charge >= 0.3 is 5.97 Å². The van der Waals surface area contributed by atoms with Gasteiger partial charge in [0.05, 0.1) is 0 Å². The fraction of sp³-hybridized carbons (Fsp3) is 0.700. The van der Waals surface area contributed by atoms with Crippen molar-refractivity contribution in [2.24, 2.45) is 5.41 Å². The van der Waals surface area contributed by atoms with Gasteiger partial charge in [-0.3, -0.25) is 14.4 Å². The number of carboxylic acids is 1. The first kappa shape index (κ1) is 10.9. The summed E-state index contributed by atoms with van der Waals surface area (Å²) in [4.78, 5) is 33.3. The number of hydrogen-bond donors (Lipinski definition) is 3. The van der Waals surface area contributed by atoms with Crippen molar-refractivity contribution in [2.45, 2.75) is 31.7 Å². The Morgan fingerprint density at radius 2 is 2.19 bits per heavy atom. The van der Waals surface area contributed by atoms with E-state index in [0.29, 0.717) is 32.2 Å². The van der Waals surface area contributed by atoms with Crippen LogP contribution in [0, 0.1) is 5.41 Å². The number of hydrogen-bond acceptors (Lipinski definition) is 3. The van der Waals surface area contributed by atoms with Gasteiger partial charge in [-0.2, -0.15) is 0 Å². The standard InChI is InChI=1S/C10H14N2O4/c13-7-2-1-6(12-7)5-11-8(14)10(3-4-10)9(15)16/h6H,1-5H2,(H,11,14)(H,12,13)(H,15,16). The Morgan fingerprint density at radius 1 is 1.50 bits per heavy atom. The quantitative estimate of drug-likeness (QED) is 0.549. The van der Waals surface area contributed by atoms with E-state index >= 15 is 0 Å². The molecule has 1 unspecified atom stereocenters. The predicted molar refractivity (Wildman–Crippen MR) is 53.5 cm³/mol. The Hall–Kier alpha value is -1.59. The van der Waals surface area contributed by atoms with E-state index in [-0.39, 0.29) is 11.9 Å². The van der Waals surface area contributed by atoms with Crippen LogP contribution in [0.2, 0.25) is 0 Å². The fourth-order valence-corrected chi connectivity index (χ4v) is 1.88. The molecule has 1 saturated carbocycles. The molecule has 1 heterocycles. The molecule has 0 bridgehead atoms. The van der Waals surface area contributed by atoms with Crippen molar-refractivity contribution in [1.82, 2.24) is 10.6 Å². The molecule has 0 radical (unpaired) electrons. The van der Waals surface area contributed by atoms with Gasteiger partial charge in [-0.1, -0.05) is 0 Å². The summed E-state index contributed by atoms with van der Waals surface area (Å²) in [7, 11) is 0. The minimum atomic E-state index is -1.19. The molecular formula is C10H14N2O4. The molecule has 0 aromatic carbocycles. The minimum Gasteiger partial charge on any atom is -0.480 e. The van der Waals surface area contributed by atoms with Gasteiger partial charge < -0.3 is 15.7 Å². The van der Waals surface area contributed by atoms with E-state index in [4.69, 9.17) is 5.11 Å². The molecule has 2 rings (SSSR count). The van der Waals surface area contributed by atoms with Crippen molar-refractivity contribution in [3.05, 3.63) is 0 Å². The maximum absolute atomic E-state index is 11.6. The van der Waals surface area contributed by atoms with Crippen LogP contribution in [0.1, 0.15) is 25.7 Å². The largest absolute Gasteiger partial charge is 0.480 e. The van der Waals surface area contributed by atoms with Crippen LogP contribution in [-0.2, 0) is 14.4 Å². The molecule has 2 amide bonds. The molecule has 6 nitrogen and oxygen atoms in total. The van der Waals surface area contributed by atoms with E-state index in [1.54, 1.807) is 0 Å². The van der Waals surface area contributed by atoms with Gasteiger partial charge in [0.2, 0.25) is 11.8 Å². The summed E-state index contributed by atoms with van der Waals surface area (Å²) in [6, 6.07) is -0.0546. The number of carboxylic acid groups (broad SMARTS) is 1. The Morgan fingerprint density at radius 3 is 2.62 bits per heavy atom. The van der Waals surface area contributed by atoms with E-state index in [2.05, 4.69) is 10.6 Å². The van der Waals surface area contributed by atoms with Gasteiger partial charge in [-0.25, -0.2) is 0 Å². The second-order valence-corrected chi connectivity index (χ2v) is 4.40. The van der Waals surface area contributed by atoms with Crippen LogP contribution in [0.3, 0.4) is 0 Å². The van der Waals surface area contributed by atoms with Crippen molar-refractivity contribution in [3.63, 3.8) is 0 Å². The van der Waals surface area contributed by atoms with Crippen LogP contribution in [0.15, 0.2) is 0 Å². The van der Waals surface area contributed by atoms with Crippen molar-refractivity contribution in [2.75, 3.05) is 6.54 Å². The lowest BCUT2D eigenvalue weighted by Gasteiger charge is -2.14. The highest BCUT2D eigenvalue weighted by molar-refractivity contribution is 6.04. The fourth-order valence-electron chi connectivity index (χ4n) is 1.88. The molecule has 3 N–H and O–H groups in total. The molecule has 6 heteroatoms. The van der Waals surface area contributed by atoms with Crippen LogP contribution in [-0.4, -0.2) is 35.5 Å². The number of amides is 2. The molecule has 1 aliphatic carbocycles. The topological polar surface area (TPSA) is 95.5 Å². The molecule has 88 valence electrons. The van der Waals surface area contributed by atoms with E-state index in [1.165, 1.54) is 0 Å². The maximum atomic E-state index is 11.6. The number of carbonyl (C=O) groups excluding carboxylic acids is 2. The van der Waals surface area contributed by atoms with E-state index in [1.807, 2.05) is 0 Å². The van der Waals surface area contributed by atoms with E-state index in [0.717, 1.165) is 0 Å². The third-order valence-corrected chi connectivity index (χ3v) is 3.19. The SMILES string of the molecule is O=C1CCC(CNC(=O)C2(C(=O)O)CC2)N1. The predicted octanol–water partition coefficient (Wildman–Crippen LogP) is -0.754. The van der Waals surface area contributed by atoms with Crippen molar-refractivity contribution < 1.29 is 19.5 Å². The highest BCUT2D eigenvalue weighted by atomic mass is 16.4. The second kappa shape index (κ2) is 3.77. The highest BCUT2D eigenvalue weighted by Gasteiger charge is 2.57. The lowest BCUT2D eigenvalue weighted by atomic mass is 10.1. The van der Waals surface area contributed by atoms with Crippen LogP contribution < -0.4 is 10.6 Å². The average Bonchev–Trinajstić information content (AvgIpc) is 2.95. The molecule has 1 atom stereocenters. The van der Waals surface area contributed by atoms with Crippen LogP contribution >= 0.6 is 0 Å². The van der Waals surface area contributed by atoms with Crippen LogP contribution in [0.25, 0.3) is 0 Å². The third kappa shape index (κ3) is 1.87. The summed E-state index contributed by atoms with van der Waals surface area (Å²) in [5, 5.41) is 14.2. The molecule has 0 aromatic heterocycles. The van der Waals surface area contributed by atoms with Gasteiger partial charge in [0.25, 0.3) is 0 Å². The van der Waals surface area contributed by atoms with Crippen LogP contribution in [0.4, 0.5) is 0 Å². The summed E-state index contributed by atoms with van der Waals surface area (Å²) in [5.74, 6) is -1.50. The zero-order valence-corrected chi connectivity index (χ0v) is 8.78. The Labute approximate surface area is 92.4 Å². The Balaban J connectivity index is 1.80. The van der Waals surface area contributed by atoms with Crippen molar-refractivity contribution >= 4 is 17.8 Å². The van der Waals surface area contributed by atoms with Gasteiger partial charge in [-0.05, 0) is 19.3 Å². The summed E-state index contributed by atoms with van der Waals surface area (Å²) < 4.78 is 0. The lowest BCUT2D eigenvalue weighted by molar-refractivity contribution is -0.149. The van der Waals surface area contributed by atoms with Crippen LogP contribution in [0.5, 0.6) is 0 Å². The summed E-state index contributed by atoms with van der Waals surface area (Å²) >= 11 is 0. The van der Waals surface area contributed by atoms with Crippen molar-refractivity contribution in [3.8, 4) is 0 Å². The zero-order chi connectivity index (χ0) is 11.8. The molecule has 2 aliphatic rings. The summed E-state index contributed by atoms with van der Waals surface area (Å²) in [6.45, 7) is 0.319. The van der Waals surface area contributed by atoms with E-state index in [9.17, 15) is 14.4 Å². The zero-order valence-electron chi connectivity index (χ0n) is 8.78. The molecule has 2 fully saturated rings. The number of rotatable bonds is 4. The Kier molecular flexibility index (Phi) is 2.57. The van der Waals surface area contributed by atoms with Crippen molar-refractivity contribution in [1.29, 1.82) is 0 Å². The molecule has 1 aliphatic heterocycles. The minimum absolute atomic E-state index is 0.0152. The first-order chi connectivity index (χ1) is 7.54. The first-order valence-corrected chi connectivity index (χ1v) is 5.36. The molecule has 0 aromatic rings. The number of carbonyl (C=O) groups is 3. The molecular weight excluding hydrogens is 212 g/mol. The first-order valence-electron chi connectivity index (χ1n) is 5.36. The maximum Gasteiger partial charge on any atom is 0.319 e. The smallest absolute Gasteiger partial charge is 0.319 e. The molecule has 16 heavy (non-hydrogen) atoms. The molecule has 1 saturated heterocycles. The van der Waals surface area contributed by atoms with Gasteiger partial charge in [0.1, 0.15) is 5.41 Å². The monoisotopic (exact) mass is 226 g/mol. The van der Waals surface area contributed by atoms with Gasteiger partial charge in [0.15, 0.2) is 0 Å². The van der Waals surface area contributed by atoms with Gasteiger partial charge in [0, 0.05) is 19.0 Å².